The number of thiophene rings is 1. The number of ether oxygens (including phenoxy) is 1. The lowest BCUT2D eigenvalue weighted by Gasteiger charge is -2.18. The number of rotatable bonds is 7. The van der Waals surface area contributed by atoms with E-state index < -0.39 is 0 Å². The third kappa shape index (κ3) is 4.77. The van der Waals surface area contributed by atoms with E-state index in [1.807, 2.05) is 19.1 Å². The maximum atomic E-state index is 12.5. The molecule has 2 heterocycles. The maximum Gasteiger partial charge on any atom is 0.341 e. The van der Waals surface area contributed by atoms with Crippen molar-refractivity contribution in [1.29, 1.82) is 0 Å². The highest BCUT2D eigenvalue weighted by molar-refractivity contribution is 7.17. The zero-order valence-corrected chi connectivity index (χ0v) is 17.4. The third-order valence-corrected chi connectivity index (χ3v) is 6.17. The number of anilines is 1. The minimum Gasteiger partial charge on any atom is -0.462 e. The van der Waals surface area contributed by atoms with Crippen LogP contribution in [0, 0.1) is 5.92 Å². The van der Waals surface area contributed by atoms with Crippen LogP contribution < -0.4 is 10.6 Å². The first-order valence-electron chi connectivity index (χ1n) is 9.74. The summed E-state index contributed by atoms with van der Waals surface area (Å²) < 4.78 is 5.25. The van der Waals surface area contributed by atoms with Crippen molar-refractivity contribution in [2.45, 2.75) is 46.1 Å². The van der Waals surface area contributed by atoms with Crippen LogP contribution in [-0.2, 0) is 22.4 Å². The molecule has 1 amide bonds. The minimum atomic E-state index is -0.346. The maximum absolute atomic E-state index is 12.5. The first-order valence-corrected chi connectivity index (χ1v) is 10.6. The molecular formula is C21H27N3O3S. The molecule has 2 atom stereocenters. The van der Waals surface area contributed by atoms with Gasteiger partial charge in [-0.25, -0.2) is 4.79 Å². The topological polar surface area (TPSA) is 80.3 Å². The lowest BCUT2D eigenvalue weighted by Crippen LogP contribution is -2.30. The summed E-state index contributed by atoms with van der Waals surface area (Å²) in [6, 6.07) is 3.84. The quantitative estimate of drug-likeness (QED) is 0.691. The highest BCUT2D eigenvalue weighted by Gasteiger charge is 2.29. The Hall–Kier alpha value is -2.25. The van der Waals surface area contributed by atoms with E-state index in [0.29, 0.717) is 23.1 Å². The smallest absolute Gasteiger partial charge is 0.341 e. The molecule has 28 heavy (non-hydrogen) atoms. The van der Waals surface area contributed by atoms with Crippen LogP contribution in [0.4, 0.5) is 5.00 Å². The van der Waals surface area contributed by atoms with Gasteiger partial charge in [0, 0.05) is 23.3 Å². The molecule has 0 bridgehead atoms. The Morgan fingerprint density at radius 1 is 1.43 bits per heavy atom. The zero-order valence-electron chi connectivity index (χ0n) is 16.6. The molecule has 150 valence electrons. The van der Waals surface area contributed by atoms with Gasteiger partial charge < -0.3 is 15.4 Å². The van der Waals surface area contributed by atoms with Gasteiger partial charge in [0.2, 0.25) is 5.91 Å². The van der Waals surface area contributed by atoms with Gasteiger partial charge in [0.15, 0.2) is 0 Å². The fourth-order valence-electron chi connectivity index (χ4n) is 3.42. The summed E-state index contributed by atoms with van der Waals surface area (Å²) >= 11 is 1.51. The van der Waals surface area contributed by atoms with Crippen LogP contribution in [0.1, 0.15) is 59.6 Å². The lowest BCUT2D eigenvalue weighted by molar-refractivity contribution is -0.115. The average molecular weight is 402 g/mol. The predicted molar refractivity (Wildman–Crippen MR) is 111 cm³/mol. The monoisotopic (exact) mass is 401 g/mol. The number of amides is 1. The Labute approximate surface area is 169 Å². The molecule has 0 saturated heterocycles. The van der Waals surface area contributed by atoms with E-state index in [2.05, 4.69) is 22.5 Å². The highest BCUT2D eigenvalue weighted by atomic mass is 32.1. The average Bonchev–Trinajstić information content (AvgIpc) is 3.03. The molecule has 0 radical (unpaired) electrons. The van der Waals surface area contributed by atoms with Crippen LogP contribution >= 0.6 is 11.3 Å². The molecule has 0 spiro atoms. The summed E-state index contributed by atoms with van der Waals surface area (Å²) in [5.74, 6) is 0.0706. The van der Waals surface area contributed by atoms with Gasteiger partial charge in [0.05, 0.1) is 18.7 Å². The molecule has 2 aromatic heterocycles. The number of nitrogens with zero attached hydrogens (tertiary/aromatic N) is 1. The van der Waals surface area contributed by atoms with E-state index in [0.717, 1.165) is 30.4 Å². The molecule has 0 saturated carbocycles. The lowest BCUT2D eigenvalue weighted by atomic mass is 9.88. The molecule has 1 aliphatic carbocycles. The van der Waals surface area contributed by atoms with Crippen LogP contribution in [0.25, 0.3) is 0 Å². The van der Waals surface area contributed by atoms with E-state index in [-0.39, 0.29) is 24.5 Å². The third-order valence-electron chi connectivity index (χ3n) is 5.00. The summed E-state index contributed by atoms with van der Waals surface area (Å²) in [4.78, 5) is 30.3. The second-order valence-electron chi connectivity index (χ2n) is 7.21. The second-order valence-corrected chi connectivity index (χ2v) is 8.32. The van der Waals surface area contributed by atoms with Gasteiger partial charge >= 0.3 is 5.97 Å². The fourth-order valence-corrected chi connectivity index (χ4v) is 4.84. The number of hydrogen-bond donors (Lipinski definition) is 2. The van der Waals surface area contributed by atoms with E-state index in [9.17, 15) is 9.59 Å². The molecule has 0 aliphatic heterocycles. The Bertz CT molecular complexity index is 835. The molecule has 1 aliphatic rings. The molecule has 0 aromatic carbocycles. The summed E-state index contributed by atoms with van der Waals surface area (Å²) in [5, 5.41) is 6.74. The van der Waals surface area contributed by atoms with Crippen molar-refractivity contribution in [2.75, 3.05) is 18.5 Å². The van der Waals surface area contributed by atoms with Crippen LogP contribution in [-0.4, -0.2) is 30.0 Å². The van der Waals surface area contributed by atoms with Crippen molar-refractivity contribution in [1.82, 2.24) is 10.3 Å². The SMILES string of the molecule is CCOC(=O)c1c(NC(=O)CNC(C)c2cccnc2)sc2c1CCC(C)C2. The van der Waals surface area contributed by atoms with E-state index in [1.165, 1.54) is 16.2 Å². The van der Waals surface area contributed by atoms with Crippen LogP contribution in [0.2, 0.25) is 0 Å². The summed E-state index contributed by atoms with van der Waals surface area (Å²) in [7, 11) is 0. The Balaban J connectivity index is 1.70. The first-order chi connectivity index (χ1) is 13.5. The first kappa shape index (κ1) is 20.5. The number of hydrogen-bond acceptors (Lipinski definition) is 6. The summed E-state index contributed by atoms with van der Waals surface area (Å²) in [6.07, 6.45) is 6.35. The molecule has 2 aromatic rings. The van der Waals surface area contributed by atoms with E-state index >= 15 is 0 Å². The fraction of sp³-hybridized carbons (Fsp3) is 0.476. The molecule has 2 N–H and O–H groups in total. The van der Waals surface area contributed by atoms with Gasteiger partial charge in [-0.15, -0.1) is 11.3 Å². The number of esters is 1. The Morgan fingerprint density at radius 2 is 2.25 bits per heavy atom. The van der Waals surface area contributed by atoms with Crippen molar-refractivity contribution in [3.05, 3.63) is 46.1 Å². The van der Waals surface area contributed by atoms with Crippen molar-refractivity contribution < 1.29 is 14.3 Å². The van der Waals surface area contributed by atoms with Crippen molar-refractivity contribution in [2.24, 2.45) is 5.92 Å². The van der Waals surface area contributed by atoms with E-state index in [4.69, 9.17) is 4.74 Å². The number of nitrogens with one attached hydrogen (secondary N) is 2. The van der Waals surface area contributed by atoms with Gasteiger partial charge in [-0.2, -0.15) is 0 Å². The van der Waals surface area contributed by atoms with Gasteiger partial charge in [-0.1, -0.05) is 13.0 Å². The van der Waals surface area contributed by atoms with Gasteiger partial charge in [-0.05, 0) is 56.2 Å². The van der Waals surface area contributed by atoms with Gasteiger partial charge in [0.1, 0.15) is 5.00 Å². The Kier molecular flexibility index (Phi) is 6.80. The molecule has 0 fully saturated rings. The van der Waals surface area contributed by atoms with Gasteiger partial charge in [0.25, 0.3) is 0 Å². The number of pyridine rings is 1. The molecular weight excluding hydrogens is 374 g/mol. The zero-order chi connectivity index (χ0) is 20.1. The normalized spacial score (nSPS) is 16.9. The van der Waals surface area contributed by atoms with Crippen LogP contribution in [0.3, 0.4) is 0 Å². The van der Waals surface area contributed by atoms with Crippen molar-refractivity contribution in [3.8, 4) is 0 Å². The highest BCUT2D eigenvalue weighted by Crippen LogP contribution is 2.40. The number of aromatic nitrogens is 1. The molecule has 7 heteroatoms. The van der Waals surface area contributed by atoms with Crippen molar-refractivity contribution >= 4 is 28.2 Å². The largest absolute Gasteiger partial charge is 0.462 e. The summed E-state index contributed by atoms with van der Waals surface area (Å²) in [5.41, 5.74) is 2.61. The van der Waals surface area contributed by atoms with Crippen molar-refractivity contribution in [3.63, 3.8) is 0 Å². The Morgan fingerprint density at radius 3 is 2.96 bits per heavy atom. The number of fused-ring (bicyclic) bond motifs is 1. The van der Waals surface area contributed by atoms with Gasteiger partial charge in [-0.3, -0.25) is 9.78 Å². The molecule has 6 nitrogen and oxygen atoms in total. The minimum absolute atomic E-state index is 0.00127. The summed E-state index contributed by atoms with van der Waals surface area (Å²) in [6.45, 7) is 6.46. The number of carbonyl (C=O) groups is 2. The standard InChI is InChI=1S/C21H27N3O3S/c1-4-27-21(26)19-16-8-7-13(2)10-17(16)28-20(19)24-18(25)12-23-14(3)15-6-5-9-22-11-15/h5-6,9,11,13-14,23H,4,7-8,10,12H2,1-3H3,(H,24,25). The second kappa shape index (κ2) is 9.30. The molecule has 3 rings (SSSR count). The van der Waals surface area contributed by atoms with Crippen LogP contribution in [0.5, 0.6) is 0 Å². The van der Waals surface area contributed by atoms with E-state index in [1.54, 1.807) is 19.3 Å². The van der Waals surface area contributed by atoms with Crippen LogP contribution in [0.15, 0.2) is 24.5 Å². The molecule has 2 unspecified atom stereocenters. The number of carbonyl (C=O) groups excluding carboxylic acids is 2. The predicted octanol–water partition coefficient (Wildman–Crippen LogP) is 3.73.